The van der Waals surface area contributed by atoms with Crippen LogP contribution in [0.4, 0.5) is 10.1 Å². The fourth-order valence-corrected chi connectivity index (χ4v) is 4.41. The molecule has 1 aliphatic heterocycles. The fourth-order valence-electron chi connectivity index (χ4n) is 4.41. The Morgan fingerprint density at radius 2 is 1.33 bits per heavy atom. The molecule has 27 heavy (non-hydrogen) atoms. The van der Waals surface area contributed by atoms with Crippen LogP contribution in [0, 0.1) is 11.7 Å². The normalized spacial score (nSPS) is 18.7. The summed E-state index contributed by atoms with van der Waals surface area (Å²) in [6.45, 7) is 0. The summed E-state index contributed by atoms with van der Waals surface area (Å²) < 4.78 is 13.2. The summed E-state index contributed by atoms with van der Waals surface area (Å²) >= 11 is 0. The number of carbonyl (C=O) groups is 2. The molecule has 3 nitrogen and oxygen atoms in total. The topological polar surface area (TPSA) is 37.4 Å². The molecular weight excluding hydrogens is 341 g/mol. The lowest BCUT2D eigenvalue weighted by atomic mass is 9.83. The Morgan fingerprint density at radius 1 is 0.778 bits per heavy atom. The number of amides is 2. The minimum Gasteiger partial charge on any atom is -0.274 e. The van der Waals surface area contributed by atoms with Crippen molar-refractivity contribution in [2.75, 3.05) is 4.90 Å². The molecule has 5 rings (SSSR count). The summed E-state index contributed by atoms with van der Waals surface area (Å²) in [5.74, 6) is -1.44. The number of halogens is 1. The van der Waals surface area contributed by atoms with Gasteiger partial charge in [-0.25, -0.2) is 4.39 Å². The molecule has 0 radical (unpaired) electrons. The van der Waals surface area contributed by atoms with Crippen LogP contribution in [-0.4, -0.2) is 11.8 Å². The number of hydrogen-bond donors (Lipinski definition) is 0. The first-order chi connectivity index (χ1) is 13.1. The van der Waals surface area contributed by atoms with Crippen LogP contribution < -0.4 is 4.90 Å². The predicted octanol–water partition coefficient (Wildman–Crippen LogP) is 4.52. The molecule has 3 aromatic rings. The maximum Gasteiger partial charge on any atom is 0.238 e. The lowest BCUT2D eigenvalue weighted by Crippen LogP contribution is -2.31. The third kappa shape index (κ3) is 2.33. The number of imide groups is 1. The highest BCUT2D eigenvalue weighted by Gasteiger charge is 2.47. The molecule has 3 aromatic carbocycles. The number of nitrogens with zero attached hydrogens (tertiary/aromatic N) is 1. The second-order valence-electron chi connectivity index (χ2n) is 7.01. The second-order valence-corrected chi connectivity index (χ2v) is 7.01. The highest BCUT2D eigenvalue weighted by molar-refractivity contribution is 6.21. The van der Waals surface area contributed by atoms with Crippen molar-refractivity contribution in [3.05, 3.63) is 89.7 Å². The summed E-state index contributed by atoms with van der Waals surface area (Å²) in [7, 11) is 0. The molecule has 0 bridgehead atoms. The molecule has 0 saturated carbocycles. The van der Waals surface area contributed by atoms with Gasteiger partial charge in [-0.15, -0.1) is 0 Å². The number of hydrogen-bond acceptors (Lipinski definition) is 2. The van der Waals surface area contributed by atoms with Crippen molar-refractivity contribution in [3.8, 4) is 11.1 Å². The van der Waals surface area contributed by atoms with Gasteiger partial charge in [0, 0.05) is 12.3 Å². The van der Waals surface area contributed by atoms with Gasteiger partial charge in [-0.2, -0.15) is 0 Å². The van der Waals surface area contributed by atoms with E-state index in [2.05, 4.69) is 12.1 Å². The van der Waals surface area contributed by atoms with Gasteiger partial charge in [-0.05, 0) is 46.5 Å². The van der Waals surface area contributed by atoms with E-state index in [1.807, 2.05) is 36.4 Å². The van der Waals surface area contributed by atoms with Gasteiger partial charge in [-0.1, -0.05) is 48.5 Å². The third-order valence-electron chi connectivity index (χ3n) is 5.55. The van der Waals surface area contributed by atoms with E-state index in [-0.39, 0.29) is 24.2 Å². The lowest BCUT2D eigenvalue weighted by molar-refractivity contribution is -0.122. The zero-order chi connectivity index (χ0) is 18.5. The molecule has 1 atom stereocenters. The number of anilines is 1. The number of benzene rings is 3. The van der Waals surface area contributed by atoms with E-state index in [9.17, 15) is 14.0 Å². The molecule has 1 aliphatic carbocycles. The van der Waals surface area contributed by atoms with Crippen LogP contribution in [0.25, 0.3) is 11.1 Å². The van der Waals surface area contributed by atoms with E-state index < -0.39 is 11.7 Å². The Labute approximate surface area is 156 Å². The minimum absolute atomic E-state index is 0.140. The van der Waals surface area contributed by atoms with Crippen LogP contribution in [-0.2, 0) is 9.59 Å². The largest absolute Gasteiger partial charge is 0.274 e. The van der Waals surface area contributed by atoms with Gasteiger partial charge in [0.2, 0.25) is 11.8 Å². The average Bonchev–Trinajstić information content (AvgIpc) is 3.17. The van der Waals surface area contributed by atoms with Crippen LogP contribution in [0.15, 0.2) is 72.8 Å². The van der Waals surface area contributed by atoms with Crippen molar-refractivity contribution < 1.29 is 14.0 Å². The molecule has 132 valence electrons. The molecule has 2 aliphatic rings. The van der Waals surface area contributed by atoms with Crippen LogP contribution in [0.5, 0.6) is 0 Å². The summed E-state index contributed by atoms with van der Waals surface area (Å²) in [6, 6.07) is 21.6. The van der Waals surface area contributed by atoms with Gasteiger partial charge in [0.05, 0.1) is 11.6 Å². The minimum atomic E-state index is -0.452. The summed E-state index contributed by atoms with van der Waals surface area (Å²) in [4.78, 5) is 27.1. The van der Waals surface area contributed by atoms with E-state index in [1.54, 1.807) is 0 Å². The van der Waals surface area contributed by atoms with Gasteiger partial charge >= 0.3 is 0 Å². The number of fused-ring (bicyclic) bond motifs is 3. The number of rotatable bonds is 2. The molecule has 1 unspecified atom stereocenters. The van der Waals surface area contributed by atoms with Crippen molar-refractivity contribution >= 4 is 17.5 Å². The Morgan fingerprint density at radius 3 is 1.93 bits per heavy atom. The Balaban J connectivity index is 1.59. The molecule has 0 aromatic heterocycles. The Bertz CT molecular complexity index is 1030. The lowest BCUT2D eigenvalue weighted by Gasteiger charge is -2.20. The smallest absolute Gasteiger partial charge is 0.238 e. The summed E-state index contributed by atoms with van der Waals surface area (Å²) in [5.41, 5.74) is 4.85. The summed E-state index contributed by atoms with van der Waals surface area (Å²) in [6.07, 6.45) is 0.156. The highest BCUT2D eigenvalue weighted by Crippen LogP contribution is 2.50. The van der Waals surface area contributed by atoms with E-state index >= 15 is 0 Å². The Hall–Kier alpha value is -3.27. The number of carbonyl (C=O) groups excluding carboxylic acids is 2. The van der Waals surface area contributed by atoms with Gasteiger partial charge in [0.25, 0.3) is 0 Å². The van der Waals surface area contributed by atoms with Gasteiger partial charge in [0.1, 0.15) is 5.82 Å². The monoisotopic (exact) mass is 357 g/mol. The first-order valence-corrected chi connectivity index (χ1v) is 8.96. The fraction of sp³-hybridized carbons (Fsp3) is 0.130. The molecule has 4 heteroatoms. The van der Waals surface area contributed by atoms with Crippen LogP contribution in [0.1, 0.15) is 23.5 Å². The first-order valence-electron chi connectivity index (χ1n) is 8.96. The van der Waals surface area contributed by atoms with Crippen LogP contribution >= 0.6 is 0 Å². The molecular formula is C23H16FNO2. The van der Waals surface area contributed by atoms with Crippen molar-refractivity contribution in [2.24, 2.45) is 5.92 Å². The van der Waals surface area contributed by atoms with Crippen molar-refractivity contribution in [1.82, 2.24) is 0 Å². The maximum atomic E-state index is 13.2. The predicted molar refractivity (Wildman–Crippen MR) is 101 cm³/mol. The van der Waals surface area contributed by atoms with Crippen molar-refractivity contribution in [2.45, 2.75) is 12.3 Å². The SMILES string of the molecule is O=C1CC(C2c3ccccc3-c3ccccc32)C(=O)N1c1ccc(F)cc1. The molecule has 1 heterocycles. The molecule has 1 saturated heterocycles. The highest BCUT2D eigenvalue weighted by atomic mass is 19.1. The second kappa shape index (κ2) is 5.88. The zero-order valence-corrected chi connectivity index (χ0v) is 14.4. The molecule has 0 spiro atoms. The van der Waals surface area contributed by atoms with E-state index in [1.165, 1.54) is 29.2 Å². The third-order valence-corrected chi connectivity index (χ3v) is 5.55. The quantitative estimate of drug-likeness (QED) is 0.633. The van der Waals surface area contributed by atoms with E-state index in [0.717, 1.165) is 22.3 Å². The molecule has 2 amide bonds. The van der Waals surface area contributed by atoms with Gasteiger partial charge < -0.3 is 0 Å². The summed E-state index contributed by atoms with van der Waals surface area (Å²) in [5, 5.41) is 0. The average molecular weight is 357 g/mol. The molecule has 0 N–H and O–H groups in total. The van der Waals surface area contributed by atoms with E-state index in [4.69, 9.17) is 0 Å². The van der Waals surface area contributed by atoms with Crippen molar-refractivity contribution in [1.29, 1.82) is 0 Å². The van der Waals surface area contributed by atoms with Crippen molar-refractivity contribution in [3.63, 3.8) is 0 Å². The zero-order valence-electron chi connectivity index (χ0n) is 14.4. The van der Waals surface area contributed by atoms with E-state index in [0.29, 0.717) is 5.69 Å². The van der Waals surface area contributed by atoms with Crippen LogP contribution in [0.3, 0.4) is 0 Å². The van der Waals surface area contributed by atoms with Crippen LogP contribution in [0.2, 0.25) is 0 Å². The standard InChI is InChI=1S/C23H16FNO2/c24-14-9-11-15(12-10-14)25-21(26)13-20(23(25)27)22-18-7-3-1-5-16(18)17-6-2-4-8-19(17)22/h1-12,20,22H,13H2. The maximum absolute atomic E-state index is 13.2. The van der Waals surface area contributed by atoms with Gasteiger partial charge in [0.15, 0.2) is 0 Å². The Kier molecular flexibility index (Phi) is 3.47. The van der Waals surface area contributed by atoms with Gasteiger partial charge in [-0.3, -0.25) is 14.5 Å². The first kappa shape index (κ1) is 15.9. The molecule has 1 fully saturated rings.